The first-order valence-electron chi connectivity index (χ1n) is 25.9. The number of aliphatic hydroxyl groups is 5. The summed E-state index contributed by atoms with van der Waals surface area (Å²) >= 11 is 0. The first-order valence-corrected chi connectivity index (χ1v) is 28.4. The summed E-state index contributed by atoms with van der Waals surface area (Å²) in [6.45, 7) is 15.7. The Hall–Kier alpha value is -1.87. The minimum atomic E-state index is -1.37. The normalized spacial score (nSPS) is 42.3. The van der Waals surface area contributed by atoms with Crippen molar-refractivity contribution in [1.29, 1.82) is 0 Å². The molecule has 14 atom stereocenters. The molecule has 0 aromatic carbocycles. The third-order valence-electron chi connectivity index (χ3n) is 19.1. The van der Waals surface area contributed by atoms with Crippen molar-refractivity contribution in [2.75, 3.05) is 18.1 Å². The third-order valence-corrected chi connectivity index (χ3v) is 21.7. The van der Waals surface area contributed by atoms with E-state index in [1.54, 1.807) is 18.6 Å². The number of allylic oxidation sites excluding steroid dienone is 2. The van der Waals surface area contributed by atoms with E-state index in [9.17, 15) is 30.3 Å². The Bertz CT molecular complexity index is 1960. The second-order valence-electron chi connectivity index (χ2n) is 24.1. The van der Waals surface area contributed by atoms with Crippen LogP contribution in [0, 0.1) is 63.1 Å². The zero-order valence-corrected chi connectivity index (χ0v) is 42.9. The summed E-state index contributed by atoms with van der Waals surface area (Å²) in [7, 11) is 3.71. The van der Waals surface area contributed by atoms with E-state index in [2.05, 4.69) is 62.6 Å². The van der Waals surface area contributed by atoms with Gasteiger partial charge in [0, 0.05) is 53.7 Å². The molecule has 11 nitrogen and oxygen atoms in total. The number of nitrogens with one attached hydrogen (secondary N) is 1. The van der Waals surface area contributed by atoms with Crippen LogP contribution in [-0.4, -0.2) is 95.0 Å². The lowest BCUT2D eigenvalue weighted by Gasteiger charge is -2.64. The first kappa shape index (κ1) is 50.5. The number of rotatable bonds is 8. The predicted molar refractivity (Wildman–Crippen MR) is 267 cm³/mol. The van der Waals surface area contributed by atoms with E-state index in [0.29, 0.717) is 49.3 Å². The predicted octanol–water partition coefficient (Wildman–Crippen LogP) is 8.76. The van der Waals surface area contributed by atoms with Crippen LogP contribution in [0.15, 0.2) is 46.5 Å². The van der Waals surface area contributed by atoms with Gasteiger partial charge in [-0.3, -0.25) is 9.79 Å². The number of fused-ring (bicyclic) bond motifs is 9. The molecule has 370 valence electrons. The quantitative estimate of drug-likeness (QED) is 0.0435. The van der Waals surface area contributed by atoms with Crippen molar-refractivity contribution >= 4 is 33.3 Å². The van der Waals surface area contributed by atoms with Crippen LogP contribution in [-0.2, 0) is 4.79 Å². The number of aromatic nitrogens is 2. The number of carbonyl (C=O) groups excluding carboxylic acids is 1. The fourth-order valence-corrected chi connectivity index (χ4v) is 18.8. The van der Waals surface area contributed by atoms with Crippen molar-refractivity contribution in [3.63, 3.8) is 0 Å². The summed E-state index contributed by atoms with van der Waals surface area (Å²) < 4.78 is 2.28. The van der Waals surface area contributed by atoms with Gasteiger partial charge in [-0.15, -0.1) is 0 Å². The number of aliphatic hydroxyl groups excluding tert-OH is 4. The second kappa shape index (κ2) is 19.7. The molecule has 1 aromatic heterocycles. The van der Waals surface area contributed by atoms with Crippen LogP contribution < -0.4 is 11.1 Å². The number of ketones is 1. The van der Waals surface area contributed by atoms with E-state index >= 15 is 0 Å². The Labute approximate surface area is 403 Å². The largest absolute Gasteiger partial charge is 0.393 e. The average Bonchev–Trinajstić information content (AvgIpc) is 4.00. The van der Waals surface area contributed by atoms with Crippen LogP contribution >= 0.6 is 21.6 Å². The lowest BCUT2D eigenvalue weighted by Crippen LogP contribution is -2.66. The van der Waals surface area contributed by atoms with Crippen LogP contribution in [0.25, 0.3) is 0 Å². The molecule has 66 heavy (non-hydrogen) atoms. The average molecular weight is 952 g/mol. The molecule has 1 aliphatic heterocycles. The Morgan fingerprint density at radius 3 is 2.42 bits per heavy atom. The number of imidazole rings is 1. The highest BCUT2D eigenvalue weighted by molar-refractivity contribution is 8.76. The Morgan fingerprint density at radius 2 is 1.73 bits per heavy atom. The minimum Gasteiger partial charge on any atom is -0.393 e. The van der Waals surface area contributed by atoms with Crippen LogP contribution in [0.1, 0.15) is 164 Å². The summed E-state index contributed by atoms with van der Waals surface area (Å²) in [6.07, 6.45) is 20.0. The molecule has 7 aliphatic rings. The lowest BCUT2D eigenvalue weighted by atomic mass is 9.41. The lowest BCUT2D eigenvalue weighted by molar-refractivity contribution is -0.174. The molecule has 6 fully saturated rings. The number of guanidine groups is 1. The molecule has 1 aromatic rings. The highest BCUT2D eigenvalue weighted by Gasteiger charge is 2.72. The van der Waals surface area contributed by atoms with Crippen molar-refractivity contribution in [2.24, 2.45) is 73.8 Å². The van der Waals surface area contributed by atoms with Crippen LogP contribution in [0.3, 0.4) is 0 Å². The summed E-state index contributed by atoms with van der Waals surface area (Å²) in [5.41, 5.74) is 7.64. The molecule has 5 saturated carbocycles. The Kier molecular flexibility index (Phi) is 15.1. The number of nitrogens with two attached hydrogens (primary N) is 1. The SMILES string of the molecule is CC(C)CCC[C@]12C[C@H](O)[C@H](O)C[C@H]1C(=O)C=C1[C@@H]2[C@H](CN=C(N)N[C@@H](C)O)C[C@]2(C)[C@@H]3C[C@H](CSSC[C@H](n4ccnc4)CC(C)(C)/C(=C4\CCCC5(CCCC5)C4)C[C@@H](O)[C@H]3C)[C@@]12O. The summed E-state index contributed by atoms with van der Waals surface area (Å²) in [5, 5.41) is 63.2. The molecule has 1 spiro atoms. The molecule has 6 aliphatic carbocycles. The van der Waals surface area contributed by atoms with E-state index in [0.717, 1.165) is 43.4 Å². The first-order chi connectivity index (χ1) is 31.2. The Balaban J connectivity index is 1.25. The molecule has 1 saturated heterocycles. The zero-order chi connectivity index (χ0) is 47.4. The maximum absolute atomic E-state index is 15.0. The monoisotopic (exact) mass is 952 g/mol. The van der Waals surface area contributed by atoms with E-state index in [1.807, 2.05) is 34.1 Å². The molecule has 13 heteroatoms. The molecule has 2 heterocycles. The number of hydrogen-bond donors (Lipinski definition) is 7. The van der Waals surface area contributed by atoms with Crippen LogP contribution in [0.5, 0.6) is 0 Å². The van der Waals surface area contributed by atoms with Gasteiger partial charge in [-0.05, 0) is 148 Å². The topological polar surface area (TPSA) is 186 Å². The van der Waals surface area contributed by atoms with E-state index in [4.69, 9.17) is 10.7 Å². The fourth-order valence-electron chi connectivity index (χ4n) is 16.1. The van der Waals surface area contributed by atoms with Crippen LogP contribution in [0.4, 0.5) is 0 Å². The van der Waals surface area contributed by atoms with Gasteiger partial charge in [-0.1, -0.05) is 100.0 Å². The van der Waals surface area contributed by atoms with E-state index in [-0.39, 0.29) is 65.6 Å². The van der Waals surface area contributed by atoms with Crippen molar-refractivity contribution in [3.8, 4) is 0 Å². The standard InChI is InChI=1S/C53H85N5O6S2/c1-32(2)12-10-17-52-27-46(63)45(62)22-41(52)44(61)23-42-47(52)36(28-56-48(54)57-34(4)59)24-50(7)39-20-37(53(42,50)64)29-65-66-30-38(58-19-18-55-31-58)26-49(5,6)40(21-43(60)33(39)3)35-13-11-16-51(25-35)14-8-9-15-51/h18-19,23,31-34,36-39,41,43,45-47,59-60,62-64H,8-17,20-22,24-30H2,1-7H3,(H3,54,56,57)/b40-35+/t33-,34+,36-,37+,38+,39+,41-,43+,45+,46-,47-,50+,52-,53+/m0/s1. The van der Waals surface area contributed by atoms with Crippen molar-refractivity contribution in [1.82, 2.24) is 14.9 Å². The van der Waals surface area contributed by atoms with Gasteiger partial charge in [0.15, 0.2) is 11.7 Å². The van der Waals surface area contributed by atoms with Gasteiger partial charge in [0.1, 0.15) is 6.23 Å². The van der Waals surface area contributed by atoms with Gasteiger partial charge in [0.2, 0.25) is 0 Å². The van der Waals surface area contributed by atoms with Gasteiger partial charge in [-0.25, -0.2) is 4.98 Å². The highest BCUT2D eigenvalue weighted by atomic mass is 33.1. The summed E-state index contributed by atoms with van der Waals surface area (Å²) in [6, 6.07) is 0.187. The molecular weight excluding hydrogens is 867 g/mol. The van der Waals surface area contributed by atoms with Gasteiger partial charge in [0.25, 0.3) is 0 Å². The number of nitrogens with zero attached hydrogens (tertiary/aromatic N) is 3. The maximum Gasteiger partial charge on any atom is 0.190 e. The van der Waals surface area contributed by atoms with Crippen molar-refractivity contribution < 1.29 is 30.3 Å². The van der Waals surface area contributed by atoms with Crippen molar-refractivity contribution in [2.45, 2.75) is 194 Å². The van der Waals surface area contributed by atoms with Gasteiger partial charge >= 0.3 is 0 Å². The second-order valence-corrected chi connectivity index (χ2v) is 26.7. The number of aliphatic imine (C=N–C) groups is 1. The maximum atomic E-state index is 15.0. The van der Waals surface area contributed by atoms with Crippen molar-refractivity contribution in [3.05, 3.63) is 41.5 Å². The summed E-state index contributed by atoms with van der Waals surface area (Å²) in [4.78, 5) is 24.3. The third kappa shape index (κ3) is 9.40. The molecule has 0 unspecified atom stereocenters. The zero-order valence-electron chi connectivity index (χ0n) is 41.3. The molecule has 2 bridgehead atoms. The Morgan fingerprint density at radius 1 is 1.00 bits per heavy atom. The van der Waals surface area contributed by atoms with Gasteiger partial charge in [-0.2, -0.15) is 0 Å². The number of hydrogen-bond acceptors (Lipinski definition) is 10. The molecule has 0 radical (unpaired) electrons. The van der Waals surface area contributed by atoms with E-state index in [1.165, 1.54) is 44.1 Å². The molecule has 8 N–H and O–H groups in total. The minimum absolute atomic E-state index is 0.0515. The number of carbonyl (C=O) groups is 1. The highest BCUT2D eigenvalue weighted by Crippen LogP contribution is 2.72. The van der Waals surface area contributed by atoms with Crippen LogP contribution in [0.2, 0.25) is 0 Å². The smallest absolute Gasteiger partial charge is 0.190 e. The van der Waals surface area contributed by atoms with Gasteiger partial charge in [0.05, 0.1) is 30.2 Å². The van der Waals surface area contributed by atoms with Gasteiger partial charge < -0.3 is 41.2 Å². The molecule has 8 rings (SSSR count). The molecular formula is C53H85N5O6S2. The van der Waals surface area contributed by atoms with E-state index < -0.39 is 46.9 Å². The molecule has 0 amide bonds. The fraction of sp³-hybridized carbons (Fsp3) is 0.830. The summed E-state index contributed by atoms with van der Waals surface area (Å²) in [5.74, 6) is 0.716.